The first kappa shape index (κ1) is 13.9. The van der Waals surface area contributed by atoms with E-state index in [0.29, 0.717) is 31.0 Å². The molecule has 5 heteroatoms. The molecule has 0 aliphatic carbocycles. The number of hydrogen-bond donors (Lipinski definition) is 1. The first-order chi connectivity index (χ1) is 6.62. The minimum absolute atomic E-state index is 0.292. The van der Waals surface area contributed by atoms with Gasteiger partial charge < -0.3 is 10.1 Å². The summed E-state index contributed by atoms with van der Waals surface area (Å²) in [6.45, 7) is 4.08. The molecule has 0 saturated heterocycles. The molecule has 0 aliphatic heterocycles. The van der Waals surface area contributed by atoms with E-state index in [1.807, 2.05) is 6.92 Å². The number of sulfone groups is 1. The Morgan fingerprint density at radius 2 is 1.93 bits per heavy atom. The zero-order chi connectivity index (χ0) is 10.9. The average Bonchev–Trinajstić information content (AvgIpc) is 2.11. The quantitative estimate of drug-likeness (QED) is 0.576. The Morgan fingerprint density at radius 3 is 2.50 bits per heavy atom. The normalized spacial score (nSPS) is 11.9. The van der Waals surface area contributed by atoms with Gasteiger partial charge in [-0.3, -0.25) is 0 Å². The highest BCUT2D eigenvalue weighted by Gasteiger charge is 2.07. The lowest BCUT2D eigenvalue weighted by atomic mass is 10.5. The lowest BCUT2D eigenvalue weighted by Crippen LogP contribution is -2.23. The van der Waals surface area contributed by atoms with E-state index in [0.717, 1.165) is 13.1 Å². The van der Waals surface area contributed by atoms with Crippen molar-refractivity contribution in [3.8, 4) is 0 Å². The number of hydrogen-bond acceptors (Lipinski definition) is 4. The molecule has 0 atom stereocenters. The molecule has 1 N–H and O–H groups in total. The maximum absolute atomic E-state index is 11.3. The fraction of sp³-hybridized carbons (Fsp3) is 1.00. The van der Waals surface area contributed by atoms with Crippen molar-refractivity contribution in [3.63, 3.8) is 0 Å². The second-order valence-corrected chi connectivity index (χ2v) is 5.55. The molecule has 0 bridgehead atoms. The Hall–Kier alpha value is -0.130. The zero-order valence-electron chi connectivity index (χ0n) is 9.08. The van der Waals surface area contributed by atoms with E-state index in [2.05, 4.69) is 5.32 Å². The van der Waals surface area contributed by atoms with Crippen molar-refractivity contribution in [2.45, 2.75) is 19.8 Å². The molecule has 0 unspecified atom stereocenters. The topological polar surface area (TPSA) is 55.4 Å². The molecular weight excluding hydrogens is 202 g/mol. The van der Waals surface area contributed by atoms with E-state index in [-0.39, 0.29) is 0 Å². The van der Waals surface area contributed by atoms with Gasteiger partial charge in [0.1, 0.15) is 9.84 Å². The summed E-state index contributed by atoms with van der Waals surface area (Å²) in [5.74, 6) is 0.603. The Labute approximate surface area is 86.9 Å². The summed E-state index contributed by atoms with van der Waals surface area (Å²) in [5, 5.41) is 3.11. The van der Waals surface area contributed by atoms with Crippen LogP contribution in [0.25, 0.3) is 0 Å². The van der Waals surface area contributed by atoms with Crippen molar-refractivity contribution < 1.29 is 13.2 Å². The van der Waals surface area contributed by atoms with Crippen LogP contribution in [-0.2, 0) is 14.6 Å². The standard InChI is InChI=1S/C9H21NO3S/c1-3-8-14(11,12)9-4-5-10-6-7-13-2/h10H,3-9H2,1-2H3. The van der Waals surface area contributed by atoms with Gasteiger partial charge >= 0.3 is 0 Å². The zero-order valence-corrected chi connectivity index (χ0v) is 9.90. The van der Waals surface area contributed by atoms with Gasteiger partial charge in [-0.15, -0.1) is 0 Å². The predicted molar refractivity (Wildman–Crippen MR) is 58.3 cm³/mol. The largest absolute Gasteiger partial charge is 0.383 e. The number of methoxy groups -OCH3 is 1. The van der Waals surface area contributed by atoms with Gasteiger partial charge in [0, 0.05) is 19.4 Å². The van der Waals surface area contributed by atoms with Gasteiger partial charge in [0.2, 0.25) is 0 Å². The summed E-state index contributed by atoms with van der Waals surface area (Å²) in [6.07, 6.45) is 1.39. The van der Waals surface area contributed by atoms with Crippen molar-refractivity contribution in [2.75, 3.05) is 38.3 Å². The molecule has 0 rings (SSSR count). The molecule has 0 radical (unpaired) electrons. The minimum Gasteiger partial charge on any atom is -0.383 e. The summed E-state index contributed by atoms with van der Waals surface area (Å²) < 4.78 is 27.4. The number of nitrogens with one attached hydrogen (secondary N) is 1. The third-order valence-electron chi connectivity index (χ3n) is 1.81. The second-order valence-electron chi connectivity index (χ2n) is 3.25. The summed E-state index contributed by atoms with van der Waals surface area (Å²) in [6, 6.07) is 0. The maximum Gasteiger partial charge on any atom is 0.150 e. The second kappa shape index (κ2) is 8.20. The van der Waals surface area contributed by atoms with Gasteiger partial charge in [-0.2, -0.15) is 0 Å². The lowest BCUT2D eigenvalue weighted by Gasteiger charge is -2.04. The molecule has 0 aromatic carbocycles. The Balaban J connectivity index is 3.35. The molecule has 4 nitrogen and oxygen atoms in total. The van der Waals surface area contributed by atoms with Crippen LogP contribution in [0.1, 0.15) is 19.8 Å². The Bertz CT molecular complexity index is 214. The lowest BCUT2D eigenvalue weighted by molar-refractivity contribution is 0.199. The van der Waals surface area contributed by atoms with Crippen LogP contribution in [0.2, 0.25) is 0 Å². The van der Waals surface area contributed by atoms with Gasteiger partial charge in [-0.1, -0.05) is 6.92 Å². The predicted octanol–water partition coefficient (Wildman–Crippen LogP) is 0.437. The molecular formula is C9H21NO3S. The molecule has 0 heterocycles. The van der Waals surface area contributed by atoms with Crippen LogP contribution >= 0.6 is 0 Å². The molecule has 0 aliphatic rings. The van der Waals surface area contributed by atoms with E-state index < -0.39 is 9.84 Å². The van der Waals surface area contributed by atoms with Crippen LogP contribution in [0.5, 0.6) is 0 Å². The van der Waals surface area contributed by atoms with Crippen molar-refractivity contribution >= 4 is 9.84 Å². The summed E-state index contributed by atoms with van der Waals surface area (Å²) in [5.41, 5.74) is 0. The monoisotopic (exact) mass is 223 g/mol. The highest BCUT2D eigenvalue weighted by Crippen LogP contribution is 1.95. The van der Waals surface area contributed by atoms with E-state index in [1.165, 1.54) is 0 Å². The van der Waals surface area contributed by atoms with Gasteiger partial charge in [-0.05, 0) is 19.4 Å². The fourth-order valence-electron chi connectivity index (χ4n) is 1.13. The molecule has 0 amide bonds. The van der Waals surface area contributed by atoms with Gasteiger partial charge in [0.25, 0.3) is 0 Å². The summed E-state index contributed by atoms with van der Waals surface area (Å²) >= 11 is 0. The average molecular weight is 223 g/mol. The van der Waals surface area contributed by atoms with E-state index in [1.54, 1.807) is 7.11 Å². The third-order valence-corrected chi connectivity index (χ3v) is 3.75. The fourth-order valence-corrected chi connectivity index (χ4v) is 2.54. The van der Waals surface area contributed by atoms with Crippen molar-refractivity contribution in [2.24, 2.45) is 0 Å². The molecule has 86 valence electrons. The van der Waals surface area contributed by atoms with Crippen molar-refractivity contribution in [3.05, 3.63) is 0 Å². The van der Waals surface area contributed by atoms with E-state index >= 15 is 0 Å². The minimum atomic E-state index is -2.80. The smallest absolute Gasteiger partial charge is 0.150 e. The van der Waals surface area contributed by atoms with Gasteiger partial charge in [0.05, 0.1) is 12.4 Å². The van der Waals surface area contributed by atoms with Crippen molar-refractivity contribution in [1.82, 2.24) is 5.32 Å². The first-order valence-corrected chi connectivity index (χ1v) is 6.84. The van der Waals surface area contributed by atoms with Gasteiger partial charge in [0.15, 0.2) is 0 Å². The van der Waals surface area contributed by atoms with E-state index in [9.17, 15) is 8.42 Å². The van der Waals surface area contributed by atoms with E-state index in [4.69, 9.17) is 4.74 Å². The molecule has 0 fully saturated rings. The molecule has 0 aromatic heterocycles. The van der Waals surface area contributed by atoms with Crippen LogP contribution in [0.15, 0.2) is 0 Å². The van der Waals surface area contributed by atoms with Crippen LogP contribution in [0, 0.1) is 0 Å². The van der Waals surface area contributed by atoms with Crippen LogP contribution < -0.4 is 5.32 Å². The maximum atomic E-state index is 11.3. The first-order valence-electron chi connectivity index (χ1n) is 5.02. The van der Waals surface area contributed by atoms with Crippen LogP contribution in [0.3, 0.4) is 0 Å². The SMILES string of the molecule is CCCS(=O)(=O)CCCNCCOC. The number of rotatable bonds is 9. The highest BCUT2D eigenvalue weighted by molar-refractivity contribution is 7.91. The Kier molecular flexibility index (Phi) is 8.12. The molecule has 0 aromatic rings. The molecule has 0 saturated carbocycles. The molecule has 0 spiro atoms. The summed E-state index contributed by atoms with van der Waals surface area (Å²) in [7, 11) is -1.15. The van der Waals surface area contributed by atoms with Crippen LogP contribution in [0.4, 0.5) is 0 Å². The summed E-state index contributed by atoms with van der Waals surface area (Å²) in [4.78, 5) is 0. The van der Waals surface area contributed by atoms with Crippen molar-refractivity contribution in [1.29, 1.82) is 0 Å². The molecule has 14 heavy (non-hydrogen) atoms. The van der Waals surface area contributed by atoms with Crippen LogP contribution in [-0.4, -0.2) is 46.7 Å². The Morgan fingerprint density at radius 1 is 1.21 bits per heavy atom. The van der Waals surface area contributed by atoms with Gasteiger partial charge in [-0.25, -0.2) is 8.42 Å². The highest BCUT2D eigenvalue weighted by atomic mass is 32.2. The third kappa shape index (κ3) is 8.47. The number of ether oxygens (including phenoxy) is 1.